The van der Waals surface area contributed by atoms with E-state index in [2.05, 4.69) is 25.4 Å². The van der Waals surface area contributed by atoms with Crippen LogP contribution in [0.25, 0.3) is 32.6 Å². The zero-order chi connectivity index (χ0) is 50.1. The van der Waals surface area contributed by atoms with Crippen LogP contribution >= 0.6 is 11.3 Å². The van der Waals surface area contributed by atoms with Gasteiger partial charge in [-0.05, 0) is 87.1 Å². The number of nitrogens with zero attached hydrogens (tertiary/aromatic N) is 5. The molecule has 9 rings (SSSR count). The molecular weight excluding hydrogens is 962 g/mol. The molecule has 0 spiro atoms. The number of hydrogen-bond donors (Lipinski definition) is 4. The average Bonchev–Trinajstić information content (AvgIpc) is 4.22. The standard InChI is InChI=1S/C50H49F3N8O8S2/c1-27-19-43(69-58-27)37(50(65)61-25-35(62)21-42(61)49(64)57-28(2)30-6-8-32(9-7-30)47-29(3)56-26-70-47)5-4-18-68-36-12-10-31(11-13-36)33-20-38-39(23-55-48(38)54-22-33)46(63)44-40(52)14-15-41(45(44)53)59-71(66,67)60-17-16-34(51)24-60/h6-15,19-20,22-23,26,28,34-35,37,42,59,62H,4-5,16-18,21,24-25H2,1-3H3,(H,54,55)(H,57,64)/t28-,34+,35+,37+,42-/m0/s1. The summed E-state index contributed by atoms with van der Waals surface area (Å²) in [6.07, 6.45) is 1.29. The fraction of sp³-hybridized carbons (Fsp3) is 0.320. The number of aryl methyl sites for hydroxylation is 2. The maximum absolute atomic E-state index is 15.8. The van der Waals surface area contributed by atoms with Crippen molar-refractivity contribution < 1.29 is 50.3 Å². The van der Waals surface area contributed by atoms with Crippen molar-refractivity contribution in [3.63, 3.8) is 0 Å². The van der Waals surface area contributed by atoms with Crippen LogP contribution < -0.4 is 14.8 Å². The number of thiazole rings is 1. The highest BCUT2D eigenvalue weighted by Gasteiger charge is 2.43. The van der Waals surface area contributed by atoms with Gasteiger partial charge in [0, 0.05) is 61.0 Å². The van der Waals surface area contributed by atoms with Gasteiger partial charge in [0.2, 0.25) is 17.6 Å². The van der Waals surface area contributed by atoms with Gasteiger partial charge < -0.3 is 29.6 Å². The Morgan fingerprint density at radius 3 is 2.45 bits per heavy atom. The Morgan fingerprint density at radius 2 is 1.76 bits per heavy atom. The lowest BCUT2D eigenvalue weighted by Gasteiger charge is -2.28. The fourth-order valence-electron chi connectivity index (χ4n) is 8.99. The maximum atomic E-state index is 15.8. The number of ketones is 1. The first-order valence-corrected chi connectivity index (χ1v) is 25.2. The van der Waals surface area contributed by atoms with Crippen LogP contribution in [0.5, 0.6) is 5.75 Å². The van der Waals surface area contributed by atoms with E-state index in [0.717, 1.165) is 38.1 Å². The zero-order valence-corrected chi connectivity index (χ0v) is 40.3. The van der Waals surface area contributed by atoms with Crippen molar-refractivity contribution in [1.82, 2.24) is 34.6 Å². The van der Waals surface area contributed by atoms with Crippen LogP contribution in [0.2, 0.25) is 0 Å². The van der Waals surface area contributed by atoms with Gasteiger partial charge in [-0.15, -0.1) is 11.3 Å². The van der Waals surface area contributed by atoms with Crippen molar-refractivity contribution in [3.05, 3.63) is 136 Å². The molecule has 4 aromatic heterocycles. The van der Waals surface area contributed by atoms with E-state index in [1.165, 1.54) is 11.1 Å². The summed E-state index contributed by atoms with van der Waals surface area (Å²) in [6.45, 7) is 5.22. The second-order valence-electron chi connectivity index (χ2n) is 17.7. The van der Waals surface area contributed by atoms with Crippen molar-refractivity contribution >= 4 is 55.9 Å². The van der Waals surface area contributed by atoms with Crippen molar-refractivity contribution in [2.24, 2.45) is 0 Å². The molecular formula is C50H49F3N8O8S2. The molecule has 2 amide bonds. The molecule has 71 heavy (non-hydrogen) atoms. The summed E-state index contributed by atoms with van der Waals surface area (Å²) in [6, 6.07) is 18.5. The summed E-state index contributed by atoms with van der Waals surface area (Å²) in [4.78, 5) is 55.9. The zero-order valence-electron chi connectivity index (χ0n) is 38.7. The number of aliphatic hydroxyl groups is 1. The number of aromatic amines is 1. The Kier molecular flexibility index (Phi) is 14.1. The van der Waals surface area contributed by atoms with Gasteiger partial charge in [-0.2, -0.15) is 12.7 Å². The Balaban J connectivity index is 0.833. The van der Waals surface area contributed by atoms with Crippen molar-refractivity contribution in [2.45, 2.75) is 76.7 Å². The van der Waals surface area contributed by atoms with Crippen LogP contribution in [-0.2, 0) is 19.8 Å². The van der Waals surface area contributed by atoms with E-state index in [0.29, 0.717) is 34.8 Å². The van der Waals surface area contributed by atoms with Crippen LogP contribution in [-0.4, -0.2) is 105 Å². The minimum absolute atomic E-state index is 0.0199. The molecule has 370 valence electrons. The number of fused-ring (bicyclic) bond motifs is 1. The number of benzene rings is 3. The summed E-state index contributed by atoms with van der Waals surface area (Å²) < 4.78 is 84.8. The topological polar surface area (TPSA) is 213 Å². The number of β-amino-alcohol motifs (C(OH)–C–C–N with tert-alkyl or cyclic N) is 1. The number of ether oxygens (including phenoxy) is 1. The van der Waals surface area contributed by atoms with Crippen molar-refractivity contribution in [2.75, 3.05) is 31.0 Å². The molecule has 5 atom stereocenters. The number of rotatable bonds is 17. The number of hydrogen-bond acceptors (Lipinski definition) is 12. The monoisotopic (exact) mass is 1010 g/mol. The lowest BCUT2D eigenvalue weighted by molar-refractivity contribution is -0.140. The highest BCUT2D eigenvalue weighted by molar-refractivity contribution is 7.90. The number of carbonyl (C=O) groups is 3. The van der Waals surface area contributed by atoms with Crippen molar-refractivity contribution in [3.8, 4) is 27.3 Å². The molecule has 0 aliphatic carbocycles. The minimum atomic E-state index is -4.39. The van der Waals surface area contributed by atoms with Gasteiger partial charge in [-0.3, -0.25) is 19.1 Å². The number of aromatic nitrogens is 4. The summed E-state index contributed by atoms with van der Waals surface area (Å²) in [5.41, 5.74) is 4.97. The summed E-state index contributed by atoms with van der Waals surface area (Å²) in [7, 11) is -4.39. The van der Waals surface area contributed by atoms with E-state index in [-0.39, 0.29) is 73.4 Å². The van der Waals surface area contributed by atoms with Gasteiger partial charge in [0.25, 0.3) is 0 Å². The van der Waals surface area contributed by atoms with E-state index >= 15 is 8.78 Å². The highest BCUT2D eigenvalue weighted by atomic mass is 32.2. The van der Waals surface area contributed by atoms with Gasteiger partial charge in [0.15, 0.2) is 5.82 Å². The number of pyridine rings is 1. The Morgan fingerprint density at radius 1 is 1.00 bits per heavy atom. The molecule has 21 heteroatoms. The maximum Gasteiger partial charge on any atom is 0.301 e. The fourth-order valence-corrected chi connectivity index (χ4v) is 11.1. The smallest absolute Gasteiger partial charge is 0.301 e. The molecule has 0 unspecified atom stereocenters. The average molecular weight is 1010 g/mol. The van der Waals surface area contributed by atoms with E-state index < -0.39 is 69.7 Å². The molecule has 16 nitrogen and oxygen atoms in total. The van der Waals surface area contributed by atoms with E-state index in [1.54, 1.807) is 66.4 Å². The van der Waals surface area contributed by atoms with Crippen LogP contribution in [0, 0.1) is 25.5 Å². The molecule has 2 aliphatic heterocycles. The predicted octanol–water partition coefficient (Wildman–Crippen LogP) is 7.95. The number of carbonyl (C=O) groups excluding carboxylic acids is 3. The Bertz CT molecular complexity index is 3220. The first-order valence-electron chi connectivity index (χ1n) is 22.9. The number of likely N-dealkylation sites (tertiary alicyclic amines) is 1. The number of nitrogens with one attached hydrogen (secondary N) is 3. The third kappa shape index (κ3) is 10.4. The third-order valence-corrected chi connectivity index (χ3v) is 15.3. The van der Waals surface area contributed by atoms with E-state index in [9.17, 15) is 32.3 Å². The van der Waals surface area contributed by atoms with Gasteiger partial charge in [-0.1, -0.05) is 41.6 Å². The molecule has 0 bridgehead atoms. The van der Waals surface area contributed by atoms with Crippen LogP contribution in [0.3, 0.4) is 0 Å². The number of anilines is 1. The number of aliphatic hydroxyl groups excluding tert-OH is 1. The Hall–Kier alpha value is -6.94. The normalized spacial score (nSPS) is 18.2. The molecule has 2 fully saturated rings. The molecule has 2 aliphatic rings. The van der Waals surface area contributed by atoms with Gasteiger partial charge in [-0.25, -0.2) is 23.1 Å². The second kappa shape index (κ2) is 20.4. The molecule has 6 heterocycles. The molecule has 0 saturated carbocycles. The first-order chi connectivity index (χ1) is 34.0. The van der Waals surface area contributed by atoms with Crippen molar-refractivity contribution in [1.29, 1.82) is 0 Å². The quantitative estimate of drug-likeness (QED) is 0.0508. The summed E-state index contributed by atoms with van der Waals surface area (Å²) in [5.74, 6) is -4.42. The molecule has 2 saturated heterocycles. The predicted molar refractivity (Wildman–Crippen MR) is 259 cm³/mol. The summed E-state index contributed by atoms with van der Waals surface area (Å²) in [5, 5.41) is 18.0. The largest absolute Gasteiger partial charge is 0.494 e. The number of amides is 2. The summed E-state index contributed by atoms with van der Waals surface area (Å²) >= 11 is 1.56. The minimum Gasteiger partial charge on any atom is -0.494 e. The first kappa shape index (κ1) is 49.1. The number of H-pyrrole nitrogens is 1. The second-order valence-corrected chi connectivity index (χ2v) is 20.3. The molecule has 3 aromatic carbocycles. The number of alkyl halides is 1. The number of halogens is 3. The van der Waals surface area contributed by atoms with E-state index in [1.807, 2.05) is 42.8 Å². The lowest BCUT2D eigenvalue weighted by Crippen LogP contribution is -2.48. The Labute approximate surface area is 410 Å². The SMILES string of the molecule is Cc1cc([C@@H](CCCOc2ccc(-c3cnc4[nH]cc(C(=O)c5c(F)ccc(NS(=O)(=O)N6CC[C@@H](F)C6)c5F)c4c3)cc2)C(=O)N2C[C@H](O)C[C@H]2C(=O)N[C@@H](C)c2ccc(-c3scnc3C)cc2)on1. The van der Waals surface area contributed by atoms with Gasteiger partial charge in [0.05, 0.1) is 57.7 Å². The van der Waals surface area contributed by atoms with E-state index in [4.69, 9.17) is 9.26 Å². The molecule has 4 N–H and O–H groups in total. The highest BCUT2D eigenvalue weighted by Crippen LogP contribution is 2.34. The third-order valence-electron chi connectivity index (χ3n) is 12.8. The van der Waals surface area contributed by atoms with Gasteiger partial charge >= 0.3 is 10.2 Å². The molecule has 0 radical (unpaired) electrons. The van der Waals surface area contributed by atoms with Crippen LogP contribution in [0.15, 0.2) is 95.2 Å². The van der Waals surface area contributed by atoms with Gasteiger partial charge in [0.1, 0.15) is 35.2 Å². The molecule has 7 aromatic rings. The van der Waals surface area contributed by atoms with Crippen LogP contribution in [0.4, 0.5) is 18.9 Å². The van der Waals surface area contributed by atoms with Crippen LogP contribution in [0.1, 0.15) is 83.2 Å². The lowest BCUT2D eigenvalue weighted by atomic mass is 9.97.